The summed E-state index contributed by atoms with van der Waals surface area (Å²) < 4.78 is 59.7. The highest BCUT2D eigenvalue weighted by molar-refractivity contribution is 5.38. The van der Waals surface area contributed by atoms with E-state index in [0.717, 1.165) is 24.3 Å². The first kappa shape index (κ1) is 15.3. The quantitative estimate of drug-likeness (QED) is 0.872. The lowest BCUT2D eigenvalue weighted by atomic mass is 9.97. The van der Waals surface area contributed by atoms with Crippen molar-refractivity contribution in [1.82, 2.24) is 5.32 Å². The van der Waals surface area contributed by atoms with Crippen molar-refractivity contribution in [2.45, 2.75) is 6.04 Å². The summed E-state index contributed by atoms with van der Waals surface area (Å²) >= 11 is 0. The minimum absolute atomic E-state index is 0.0168. The fraction of sp³-hybridized carbons (Fsp3) is 0.200. The van der Waals surface area contributed by atoms with Gasteiger partial charge in [-0.25, -0.2) is 17.6 Å². The van der Waals surface area contributed by atoms with Crippen molar-refractivity contribution in [2.75, 3.05) is 14.2 Å². The zero-order valence-electron chi connectivity index (χ0n) is 11.4. The molecule has 6 heteroatoms. The third-order valence-corrected chi connectivity index (χ3v) is 3.14. The van der Waals surface area contributed by atoms with Crippen LogP contribution in [-0.2, 0) is 0 Å². The Balaban J connectivity index is 2.56. The molecule has 21 heavy (non-hydrogen) atoms. The van der Waals surface area contributed by atoms with Gasteiger partial charge in [0.25, 0.3) is 0 Å². The lowest BCUT2D eigenvalue weighted by molar-refractivity contribution is 0.403. The Bertz CT molecular complexity index is 637. The largest absolute Gasteiger partial charge is 0.497 e. The molecule has 0 aliphatic heterocycles. The fourth-order valence-electron chi connectivity index (χ4n) is 2.15. The highest BCUT2D eigenvalue weighted by atomic mass is 19.1. The molecule has 112 valence electrons. The molecule has 0 fully saturated rings. The maximum atomic E-state index is 14.1. The standard InChI is InChI=1S/C15H13F4NO/c1-20-15(10-4-3-8(16)5-11(10)17)14-12(18)6-9(21-2)7-13(14)19/h3-7,15,20H,1-2H3. The number of nitrogens with one attached hydrogen (secondary N) is 1. The first-order valence-corrected chi connectivity index (χ1v) is 6.13. The molecule has 0 saturated carbocycles. The zero-order chi connectivity index (χ0) is 15.6. The van der Waals surface area contributed by atoms with Gasteiger partial charge in [0.15, 0.2) is 0 Å². The highest BCUT2D eigenvalue weighted by Crippen LogP contribution is 2.31. The van der Waals surface area contributed by atoms with Gasteiger partial charge in [-0.15, -0.1) is 0 Å². The van der Waals surface area contributed by atoms with Gasteiger partial charge >= 0.3 is 0 Å². The molecular formula is C15H13F4NO. The van der Waals surface area contributed by atoms with Crippen molar-refractivity contribution in [3.8, 4) is 5.75 Å². The Morgan fingerprint density at radius 3 is 2.05 bits per heavy atom. The predicted octanol–water partition coefficient (Wildman–Crippen LogP) is 3.56. The van der Waals surface area contributed by atoms with E-state index in [2.05, 4.69) is 5.32 Å². The maximum Gasteiger partial charge on any atom is 0.134 e. The number of benzene rings is 2. The average Bonchev–Trinajstić information content (AvgIpc) is 2.43. The molecule has 0 radical (unpaired) electrons. The normalized spacial score (nSPS) is 12.3. The van der Waals surface area contributed by atoms with E-state index in [-0.39, 0.29) is 16.9 Å². The summed E-state index contributed by atoms with van der Waals surface area (Å²) in [6.07, 6.45) is 0. The number of ether oxygens (including phenoxy) is 1. The Hall–Kier alpha value is -2.08. The minimum atomic E-state index is -1.09. The van der Waals surface area contributed by atoms with Gasteiger partial charge in [-0.3, -0.25) is 0 Å². The van der Waals surface area contributed by atoms with E-state index in [4.69, 9.17) is 4.74 Å². The van der Waals surface area contributed by atoms with E-state index in [9.17, 15) is 17.6 Å². The predicted molar refractivity (Wildman–Crippen MR) is 70.2 cm³/mol. The Morgan fingerprint density at radius 2 is 1.57 bits per heavy atom. The number of methoxy groups -OCH3 is 1. The smallest absolute Gasteiger partial charge is 0.134 e. The van der Waals surface area contributed by atoms with Crippen molar-refractivity contribution in [3.63, 3.8) is 0 Å². The molecule has 0 aliphatic carbocycles. The molecule has 2 rings (SSSR count). The molecule has 2 nitrogen and oxygen atoms in total. The van der Waals surface area contributed by atoms with Crippen molar-refractivity contribution in [1.29, 1.82) is 0 Å². The van der Waals surface area contributed by atoms with Crippen LogP contribution in [0.15, 0.2) is 30.3 Å². The van der Waals surface area contributed by atoms with Crippen LogP contribution in [0.25, 0.3) is 0 Å². The van der Waals surface area contributed by atoms with Crippen LogP contribution in [0.3, 0.4) is 0 Å². The second kappa shape index (κ2) is 6.13. The van der Waals surface area contributed by atoms with Crippen molar-refractivity contribution >= 4 is 0 Å². The van der Waals surface area contributed by atoms with Crippen LogP contribution >= 0.6 is 0 Å². The molecular weight excluding hydrogens is 286 g/mol. The molecule has 0 saturated heterocycles. The Morgan fingerprint density at radius 1 is 0.952 bits per heavy atom. The van der Waals surface area contributed by atoms with Gasteiger partial charge in [0.2, 0.25) is 0 Å². The van der Waals surface area contributed by atoms with Gasteiger partial charge in [0.1, 0.15) is 29.0 Å². The van der Waals surface area contributed by atoms with E-state index < -0.39 is 29.3 Å². The van der Waals surface area contributed by atoms with Crippen molar-refractivity contribution < 1.29 is 22.3 Å². The first-order chi connectivity index (χ1) is 9.97. The molecule has 0 aliphatic rings. The van der Waals surface area contributed by atoms with Crippen molar-refractivity contribution in [2.24, 2.45) is 0 Å². The SMILES string of the molecule is CNC(c1ccc(F)cc1F)c1c(F)cc(OC)cc1F. The number of rotatable bonds is 4. The monoisotopic (exact) mass is 299 g/mol. The van der Waals surface area contributed by atoms with E-state index in [1.54, 1.807) is 0 Å². The van der Waals surface area contributed by atoms with Crippen LogP contribution in [-0.4, -0.2) is 14.2 Å². The van der Waals surface area contributed by atoms with Crippen LogP contribution in [0.4, 0.5) is 17.6 Å². The summed E-state index contributed by atoms with van der Waals surface area (Å²) in [6.45, 7) is 0. The number of hydrogen-bond acceptors (Lipinski definition) is 2. The topological polar surface area (TPSA) is 21.3 Å². The third-order valence-electron chi connectivity index (χ3n) is 3.14. The number of halogens is 4. The molecule has 1 atom stereocenters. The van der Waals surface area contributed by atoms with E-state index in [1.165, 1.54) is 14.2 Å². The lowest BCUT2D eigenvalue weighted by Gasteiger charge is -2.19. The molecule has 0 heterocycles. The highest BCUT2D eigenvalue weighted by Gasteiger charge is 2.24. The van der Waals surface area contributed by atoms with Crippen LogP contribution in [0.2, 0.25) is 0 Å². The van der Waals surface area contributed by atoms with Gasteiger partial charge in [-0.2, -0.15) is 0 Å². The first-order valence-electron chi connectivity index (χ1n) is 6.13. The van der Waals surface area contributed by atoms with E-state index >= 15 is 0 Å². The van der Waals surface area contributed by atoms with Gasteiger partial charge in [-0.1, -0.05) is 6.07 Å². The summed E-state index contributed by atoms with van der Waals surface area (Å²) in [5.41, 5.74) is -0.411. The summed E-state index contributed by atoms with van der Waals surface area (Å²) in [6, 6.07) is 3.77. The second-order valence-corrected chi connectivity index (χ2v) is 4.39. The minimum Gasteiger partial charge on any atom is -0.497 e. The van der Waals surface area contributed by atoms with Crippen LogP contribution in [0, 0.1) is 23.3 Å². The van der Waals surface area contributed by atoms with Crippen LogP contribution < -0.4 is 10.1 Å². The van der Waals surface area contributed by atoms with E-state index in [0.29, 0.717) is 6.07 Å². The average molecular weight is 299 g/mol. The third kappa shape index (κ3) is 3.00. The summed E-state index contributed by atoms with van der Waals surface area (Å²) in [7, 11) is 2.71. The zero-order valence-corrected chi connectivity index (χ0v) is 11.4. The second-order valence-electron chi connectivity index (χ2n) is 4.39. The summed E-state index contributed by atoms with van der Waals surface area (Å²) in [4.78, 5) is 0. The van der Waals surface area contributed by atoms with E-state index in [1.807, 2.05) is 0 Å². The Labute approximate surface area is 119 Å². The number of hydrogen-bond donors (Lipinski definition) is 1. The van der Waals surface area contributed by atoms with Crippen LogP contribution in [0.5, 0.6) is 5.75 Å². The molecule has 0 bridgehead atoms. The van der Waals surface area contributed by atoms with Gasteiger partial charge in [-0.05, 0) is 13.1 Å². The van der Waals surface area contributed by atoms with Crippen LogP contribution in [0.1, 0.15) is 17.2 Å². The lowest BCUT2D eigenvalue weighted by Crippen LogP contribution is -2.21. The molecule has 2 aromatic carbocycles. The molecule has 2 aromatic rings. The summed E-state index contributed by atoms with van der Waals surface area (Å²) in [5.74, 6) is -3.39. The fourth-order valence-corrected chi connectivity index (χ4v) is 2.15. The maximum absolute atomic E-state index is 14.1. The Kier molecular flexibility index (Phi) is 4.47. The van der Waals surface area contributed by atoms with Gasteiger partial charge in [0.05, 0.1) is 13.2 Å². The molecule has 1 unspecified atom stereocenters. The van der Waals surface area contributed by atoms with Gasteiger partial charge < -0.3 is 10.1 Å². The molecule has 0 amide bonds. The summed E-state index contributed by atoms with van der Waals surface area (Å²) in [5, 5.41) is 2.63. The molecule has 1 N–H and O–H groups in total. The molecule has 0 aromatic heterocycles. The molecule has 0 spiro atoms. The van der Waals surface area contributed by atoms with Crippen molar-refractivity contribution in [3.05, 3.63) is 64.7 Å². The van der Waals surface area contributed by atoms with Gasteiger partial charge in [0, 0.05) is 29.3 Å².